The number of anilines is 1. The Bertz CT molecular complexity index is 367. The minimum absolute atomic E-state index is 0.0620. The minimum atomic E-state index is -0.0620. The van der Waals surface area contributed by atoms with Gasteiger partial charge in [-0.1, -0.05) is 6.92 Å². The second kappa shape index (κ2) is 7.97. The Balaban J connectivity index is 2.54. The molecule has 4 nitrogen and oxygen atoms in total. The quantitative estimate of drug-likeness (QED) is 0.796. The van der Waals surface area contributed by atoms with Crippen molar-refractivity contribution in [2.24, 2.45) is 0 Å². The molecule has 0 aliphatic carbocycles. The lowest BCUT2D eigenvalue weighted by Crippen LogP contribution is -2.24. The Morgan fingerprint density at radius 1 is 1.50 bits per heavy atom. The van der Waals surface area contributed by atoms with Gasteiger partial charge in [0.1, 0.15) is 5.82 Å². The monoisotopic (exact) mass is 267 g/mol. The van der Waals surface area contributed by atoms with Gasteiger partial charge in [0, 0.05) is 24.5 Å². The van der Waals surface area contributed by atoms with Crippen LogP contribution in [0.4, 0.5) is 5.82 Å². The first-order valence-corrected chi connectivity index (χ1v) is 7.56. The second-order valence-corrected chi connectivity index (χ2v) is 5.10. The fourth-order valence-corrected chi connectivity index (χ4v) is 2.08. The molecule has 0 saturated heterocycles. The van der Waals surface area contributed by atoms with Crippen LogP contribution in [-0.4, -0.2) is 35.5 Å². The molecule has 0 aliphatic heterocycles. The summed E-state index contributed by atoms with van der Waals surface area (Å²) >= 11 is 1.79. The smallest absolute Gasteiger partial charge is 0.252 e. The zero-order chi connectivity index (χ0) is 13.4. The molecule has 1 atom stereocenters. The molecule has 1 rings (SSSR count). The molecule has 0 aliphatic rings. The predicted molar refractivity (Wildman–Crippen MR) is 78.3 cm³/mol. The van der Waals surface area contributed by atoms with E-state index in [1.165, 1.54) is 0 Å². The van der Waals surface area contributed by atoms with Crippen molar-refractivity contribution in [2.75, 3.05) is 23.9 Å². The molecule has 1 heterocycles. The number of aromatic nitrogens is 1. The Morgan fingerprint density at radius 2 is 2.28 bits per heavy atom. The van der Waals surface area contributed by atoms with E-state index in [9.17, 15) is 4.79 Å². The van der Waals surface area contributed by atoms with Gasteiger partial charge in [-0.15, -0.1) is 0 Å². The molecule has 18 heavy (non-hydrogen) atoms. The van der Waals surface area contributed by atoms with Gasteiger partial charge in [-0.3, -0.25) is 4.79 Å². The highest BCUT2D eigenvalue weighted by molar-refractivity contribution is 7.98. The van der Waals surface area contributed by atoms with Crippen molar-refractivity contribution < 1.29 is 4.79 Å². The van der Waals surface area contributed by atoms with Gasteiger partial charge in [0.25, 0.3) is 5.91 Å². The Kier molecular flexibility index (Phi) is 6.57. The Morgan fingerprint density at radius 3 is 2.83 bits per heavy atom. The van der Waals surface area contributed by atoms with Crippen LogP contribution in [0.1, 0.15) is 30.6 Å². The summed E-state index contributed by atoms with van der Waals surface area (Å²) in [5, 5.41) is 6.11. The molecule has 0 fully saturated rings. The first kappa shape index (κ1) is 14.8. The van der Waals surface area contributed by atoms with Gasteiger partial charge in [-0.25, -0.2) is 4.98 Å². The maximum absolute atomic E-state index is 11.7. The maximum Gasteiger partial charge on any atom is 0.252 e. The van der Waals surface area contributed by atoms with Crippen molar-refractivity contribution in [3.63, 3.8) is 0 Å². The molecule has 0 saturated carbocycles. The van der Waals surface area contributed by atoms with Gasteiger partial charge < -0.3 is 10.6 Å². The van der Waals surface area contributed by atoms with Gasteiger partial charge in [0.2, 0.25) is 0 Å². The number of hydrogen-bond donors (Lipinski definition) is 2. The number of thioether (sulfide) groups is 1. The van der Waals surface area contributed by atoms with E-state index < -0.39 is 0 Å². The van der Waals surface area contributed by atoms with Crippen LogP contribution in [-0.2, 0) is 0 Å². The standard InChI is InChI=1S/C13H21N3OS/c1-4-7-14-13(17)11-5-6-12(15-8-11)16-10(2)9-18-3/h5-6,8,10H,4,7,9H2,1-3H3,(H,14,17)(H,15,16). The molecule has 0 bridgehead atoms. The van der Waals surface area contributed by atoms with Gasteiger partial charge in [-0.05, 0) is 31.7 Å². The Hall–Kier alpha value is -1.23. The van der Waals surface area contributed by atoms with Crippen LogP contribution >= 0.6 is 11.8 Å². The van der Waals surface area contributed by atoms with E-state index in [1.54, 1.807) is 24.0 Å². The number of nitrogens with one attached hydrogen (secondary N) is 2. The van der Waals surface area contributed by atoms with Crippen molar-refractivity contribution in [2.45, 2.75) is 26.3 Å². The second-order valence-electron chi connectivity index (χ2n) is 4.19. The highest BCUT2D eigenvalue weighted by Gasteiger charge is 2.06. The highest BCUT2D eigenvalue weighted by Crippen LogP contribution is 2.08. The van der Waals surface area contributed by atoms with E-state index in [-0.39, 0.29) is 5.91 Å². The topological polar surface area (TPSA) is 54.0 Å². The molecular formula is C13H21N3OS. The van der Waals surface area contributed by atoms with Crippen LogP contribution < -0.4 is 10.6 Å². The molecule has 2 N–H and O–H groups in total. The summed E-state index contributed by atoms with van der Waals surface area (Å²) in [4.78, 5) is 15.9. The number of hydrogen-bond acceptors (Lipinski definition) is 4. The van der Waals surface area contributed by atoms with E-state index in [1.807, 2.05) is 13.0 Å². The third-order valence-corrected chi connectivity index (χ3v) is 3.21. The number of carbonyl (C=O) groups excluding carboxylic acids is 1. The SMILES string of the molecule is CCCNC(=O)c1ccc(NC(C)CSC)nc1. The van der Waals surface area contributed by atoms with Gasteiger partial charge in [0.05, 0.1) is 5.56 Å². The maximum atomic E-state index is 11.7. The number of rotatable bonds is 7. The predicted octanol–water partition coefficient (Wildman–Crippen LogP) is 2.38. The lowest BCUT2D eigenvalue weighted by molar-refractivity contribution is 0.0953. The van der Waals surface area contributed by atoms with E-state index in [2.05, 4.69) is 28.8 Å². The summed E-state index contributed by atoms with van der Waals surface area (Å²) in [6, 6.07) is 4.01. The number of carbonyl (C=O) groups is 1. The zero-order valence-corrected chi connectivity index (χ0v) is 12.0. The third kappa shape index (κ3) is 4.96. The number of nitrogens with zero attached hydrogens (tertiary/aromatic N) is 1. The van der Waals surface area contributed by atoms with Gasteiger partial charge >= 0.3 is 0 Å². The minimum Gasteiger partial charge on any atom is -0.367 e. The van der Waals surface area contributed by atoms with E-state index >= 15 is 0 Å². The summed E-state index contributed by atoms with van der Waals surface area (Å²) in [7, 11) is 0. The summed E-state index contributed by atoms with van der Waals surface area (Å²) in [6.45, 7) is 4.84. The Labute approximate surface area is 113 Å². The normalized spacial score (nSPS) is 11.9. The first-order valence-electron chi connectivity index (χ1n) is 6.17. The molecule has 0 aromatic carbocycles. The van der Waals surface area contributed by atoms with Gasteiger partial charge in [0.15, 0.2) is 0 Å². The van der Waals surface area contributed by atoms with Crippen molar-refractivity contribution in [1.29, 1.82) is 0 Å². The van der Waals surface area contributed by atoms with E-state index in [4.69, 9.17) is 0 Å². The largest absolute Gasteiger partial charge is 0.367 e. The number of pyridine rings is 1. The highest BCUT2D eigenvalue weighted by atomic mass is 32.2. The summed E-state index contributed by atoms with van der Waals surface area (Å²) in [5.41, 5.74) is 0.603. The average molecular weight is 267 g/mol. The summed E-state index contributed by atoms with van der Waals surface area (Å²) in [6.07, 6.45) is 4.62. The third-order valence-electron chi connectivity index (χ3n) is 2.37. The molecule has 1 unspecified atom stereocenters. The average Bonchev–Trinajstić information content (AvgIpc) is 2.37. The van der Waals surface area contributed by atoms with E-state index in [0.717, 1.165) is 18.0 Å². The van der Waals surface area contributed by atoms with Crippen LogP contribution in [0.25, 0.3) is 0 Å². The molecule has 5 heteroatoms. The van der Waals surface area contributed by atoms with Crippen LogP contribution in [0.5, 0.6) is 0 Å². The fraction of sp³-hybridized carbons (Fsp3) is 0.538. The van der Waals surface area contributed by atoms with Gasteiger partial charge in [-0.2, -0.15) is 11.8 Å². The van der Waals surface area contributed by atoms with Crippen LogP contribution in [0.3, 0.4) is 0 Å². The molecule has 1 amide bonds. The molecule has 1 aromatic rings. The van der Waals surface area contributed by atoms with Crippen LogP contribution in [0, 0.1) is 0 Å². The molecular weight excluding hydrogens is 246 g/mol. The van der Waals surface area contributed by atoms with Crippen molar-refractivity contribution >= 4 is 23.5 Å². The summed E-state index contributed by atoms with van der Waals surface area (Å²) in [5.74, 6) is 1.78. The summed E-state index contributed by atoms with van der Waals surface area (Å²) < 4.78 is 0. The lowest BCUT2D eigenvalue weighted by atomic mass is 10.2. The lowest BCUT2D eigenvalue weighted by Gasteiger charge is -2.13. The van der Waals surface area contributed by atoms with Crippen molar-refractivity contribution in [3.05, 3.63) is 23.9 Å². The van der Waals surface area contributed by atoms with Crippen LogP contribution in [0.15, 0.2) is 18.3 Å². The molecule has 0 spiro atoms. The van der Waals surface area contributed by atoms with E-state index in [0.29, 0.717) is 18.2 Å². The van der Waals surface area contributed by atoms with Crippen molar-refractivity contribution in [1.82, 2.24) is 10.3 Å². The van der Waals surface area contributed by atoms with Crippen LogP contribution in [0.2, 0.25) is 0 Å². The van der Waals surface area contributed by atoms with Crippen molar-refractivity contribution in [3.8, 4) is 0 Å². The fourth-order valence-electron chi connectivity index (χ4n) is 1.50. The molecule has 1 aromatic heterocycles. The number of amides is 1. The molecule has 100 valence electrons. The molecule has 0 radical (unpaired) electrons. The zero-order valence-electron chi connectivity index (χ0n) is 11.2. The first-order chi connectivity index (χ1) is 8.67.